The molecule has 1 saturated heterocycles. The first-order valence-corrected chi connectivity index (χ1v) is 9.44. The number of ether oxygens (including phenoxy) is 1. The van der Waals surface area contributed by atoms with Crippen molar-refractivity contribution in [2.24, 2.45) is 5.92 Å². The number of nitrogens with zero attached hydrogens (tertiary/aromatic N) is 2. The maximum absolute atomic E-state index is 13.1. The standard InChI is InChI=1S/C21H26N2O4/c1-2-26-21(25)17-8-6-12-22(14-17)16-20(24)23(15-19-11-7-13-27-19)18-9-4-3-5-10-18/h3-5,7,9-11,13,17H,2,6,8,12,14-16H2,1H3. The molecule has 1 aromatic heterocycles. The van der Waals surface area contributed by atoms with Crippen LogP contribution in [0.5, 0.6) is 0 Å². The molecule has 1 aliphatic heterocycles. The summed E-state index contributed by atoms with van der Waals surface area (Å²) in [4.78, 5) is 28.9. The van der Waals surface area contributed by atoms with Crippen LogP contribution in [0.1, 0.15) is 25.5 Å². The quantitative estimate of drug-likeness (QED) is 0.701. The fraction of sp³-hybridized carbons (Fsp3) is 0.429. The van der Waals surface area contributed by atoms with Crippen LogP contribution in [0.25, 0.3) is 0 Å². The number of piperidine rings is 1. The van der Waals surface area contributed by atoms with E-state index in [9.17, 15) is 9.59 Å². The molecule has 0 N–H and O–H groups in total. The van der Waals surface area contributed by atoms with E-state index in [1.165, 1.54) is 0 Å². The van der Waals surface area contributed by atoms with E-state index >= 15 is 0 Å². The molecule has 1 atom stereocenters. The van der Waals surface area contributed by atoms with Crippen LogP contribution in [0, 0.1) is 5.92 Å². The molecule has 0 saturated carbocycles. The van der Waals surface area contributed by atoms with Gasteiger partial charge in [-0.15, -0.1) is 0 Å². The second-order valence-electron chi connectivity index (χ2n) is 6.72. The zero-order valence-corrected chi connectivity index (χ0v) is 15.7. The molecule has 6 heteroatoms. The summed E-state index contributed by atoms with van der Waals surface area (Å²) in [5.74, 6) is 0.407. The van der Waals surface area contributed by atoms with E-state index in [-0.39, 0.29) is 24.3 Å². The Morgan fingerprint density at radius 3 is 2.74 bits per heavy atom. The monoisotopic (exact) mass is 370 g/mol. The molecule has 1 aromatic carbocycles. The SMILES string of the molecule is CCOC(=O)C1CCCN(CC(=O)N(Cc2ccco2)c2ccccc2)C1. The lowest BCUT2D eigenvalue weighted by atomic mass is 9.98. The molecule has 27 heavy (non-hydrogen) atoms. The first-order valence-electron chi connectivity index (χ1n) is 9.44. The Morgan fingerprint density at radius 1 is 1.22 bits per heavy atom. The largest absolute Gasteiger partial charge is 0.467 e. The molecule has 3 rings (SSSR count). The van der Waals surface area contributed by atoms with E-state index in [4.69, 9.17) is 9.15 Å². The Morgan fingerprint density at radius 2 is 2.04 bits per heavy atom. The number of likely N-dealkylation sites (tertiary alicyclic amines) is 1. The van der Waals surface area contributed by atoms with Crippen LogP contribution in [-0.2, 0) is 20.9 Å². The average Bonchev–Trinajstić information content (AvgIpc) is 3.20. The van der Waals surface area contributed by atoms with Crippen LogP contribution in [0.4, 0.5) is 5.69 Å². The Kier molecular flexibility index (Phi) is 6.65. The van der Waals surface area contributed by atoms with Gasteiger partial charge in [-0.2, -0.15) is 0 Å². The normalized spacial score (nSPS) is 17.4. The fourth-order valence-corrected chi connectivity index (χ4v) is 3.42. The van der Waals surface area contributed by atoms with E-state index in [2.05, 4.69) is 0 Å². The molecule has 144 valence electrons. The number of rotatable bonds is 7. The summed E-state index contributed by atoms with van der Waals surface area (Å²) >= 11 is 0. The lowest BCUT2D eigenvalue weighted by Crippen LogP contribution is -2.45. The first-order chi connectivity index (χ1) is 13.2. The summed E-state index contributed by atoms with van der Waals surface area (Å²) in [7, 11) is 0. The van der Waals surface area contributed by atoms with Gasteiger partial charge in [0.15, 0.2) is 0 Å². The molecule has 2 heterocycles. The second-order valence-corrected chi connectivity index (χ2v) is 6.72. The highest BCUT2D eigenvalue weighted by molar-refractivity contribution is 5.94. The van der Waals surface area contributed by atoms with Crippen LogP contribution in [-0.4, -0.2) is 43.0 Å². The summed E-state index contributed by atoms with van der Waals surface area (Å²) in [6.07, 6.45) is 3.32. The van der Waals surface area contributed by atoms with Gasteiger partial charge in [0.1, 0.15) is 5.76 Å². The number of para-hydroxylation sites is 1. The third kappa shape index (κ3) is 5.20. The number of benzene rings is 1. The predicted molar refractivity (Wildman–Crippen MR) is 102 cm³/mol. The highest BCUT2D eigenvalue weighted by atomic mass is 16.5. The average molecular weight is 370 g/mol. The lowest BCUT2D eigenvalue weighted by Gasteiger charge is -2.32. The van der Waals surface area contributed by atoms with Gasteiger partial charge in [-0.3, -0.25) is 14.5 Å². The molecule has 0 aliphatic carbocycles. The second kappa shape index (κ2) is 9.37. The summed E-state index contributed by atoms with van der Waals surface area (Å²) < 4.78 is 10.6. The number of anilines is 1. The van der Waals surface area contributed by atoms with E-state index in [0.717, 1.165) is 30.8 Å². The Labute approximate surface area is 159 Å². The number of carbonyl (C=O) groups is 2. The third-order valence-corrected chi connectivity index (χ3v) is 4.75. The Balaban J connectivity index is 1.68. The van der Waals surface area contributed by atoms with Gasteiger partial charge in [0.2, 0.25) is 5.91 Å². The Bertz CT molecular complexity index is 730. The molecular formula is C21H26N2O4. The minimum atomic E-state index is -0.162. The van der Waals surface area contributed by atoms with Crippen molar-refractivity contribution in [3.63, 3.8) is 0 Å². The molecule has 0 radical (unpaired) electrons. The maximum Gasteiger partial charge on any atom is 0.310 e. The van der Waals surface area contributed by atoms with Gasteiger partial charge in [-0.05, 0) is 50.6 Å². The number of amides is 1. The van der Waals surface area contributed by atoms with Crippen molar-refractivity contribution in [2.75, 3.05) is 31.1 Å². The van der Waals surface area contributed by atoms with Crippen molar-refractivity contribution in [1.82, 2.24) is 4.90 Å². The zero-order chi connectivity index (χ0) is 19.1. The maximum atomic E-state index is 13.1. The Hall–Kier alpha value is -2.60. The molecular weight excluding hydrogens is 344 g/mol. The van der Waals surface area contributed by atoms with Gasteiger partial charge in [-0.25, -0.2) is 0 Å². The van der Waals surface area contributed by atoms with Crippen molar-refractivity contribution >= 4 is 17.6 Å². The summed E-state index contributed by atoms with van der Waals surface area (Å²) in [6, 6.07) is 13.3. The van der Waals surface area contributed by atoms with E-state index < -0.39 is 0 Å². The minimum absolute atomic E-state index is 0.0119. The van der Waals surface area contributed by atoms with Gasteiger partial charge < -0.3 is 14.1 Å². The van der Waals surface area contributed by atoms with E-state index in [0.29, 0.717) is 19.7 Å². The third-order valence-electron chi connectivity index (χ3n) is 4.75. The number of hydrogen-bond acceptors (Lipinski definition) is 5. The smallest absolute Gasteiger partial charge is 0.310 e. The van der Waals surface area contributed by atoms with E-state index in [1.54, 1.807) is 11.2 Å². The fourth-order valence-electron chi connectivity index (χ4n) is 3.42. The summed E-state index contributed by atoms with van der Waals surface area (Å²) in [6.45, 7) is 4.23. The van der Waals surface area contributed by atoms with Gasteiger partial charge in [0.05, 0.1) is 31.9 Å². The van der Waals surface area contributed by atoms with Crippen molar-refractivity contribution in [3.8, 4) is 0 Å². The molecule has 0 spiro atoms. The molecule has 1 fully saturated rings. The molecule has 1 amide bonds. The van der Waals surface area contributed by atoms with Crippen molar-refractivity contribution < 1.29 is 18.7 Å². The number of hydrogen-bond donors (Lipinski definition) is 0. The molecule has 0 bridgehead atoms. The van der Waals surface area contributed by atoms with Crippen molar-refractivity contribution in [3.05, 3.63) is 54.5 Å². The lowest BCUT2D eigenvalue weighted by molar-refractivity contribution is -0.150. The van der Waals surface area contributed by atoms with E-state index in [1.807, 2.05) is 54.3 Å². The number of esters is 1. The zero-order valence-electron chi connectivity index (χ0n) is 15.7. The van der Waals surface area contributed by atoms with Gasteiger partial charge in [0, 0.05) is 12.2 Å². The van der Waals surface area contributed by atoms with Crippen molar-refractivity contribution in [2.45, 2.75) is 26.3 Å². The van der Waals surface area contributed by atoms with Gasteiger partial charge in [-0.1, -0.05) is 18.2 Å². The van der Waals surface area contributed by atoms with Gasteiger partial charge >= 0.3 is 5.97 Å². The summed E-state index contributed by atoms with van der Waals surface area (Å²) in [5.41, 5.74) is 0.831. The number of carbonyl (C=O) groups excluding carboxylic acids is 2. The van der Waals surface area contributed by atoms with Crippen LogP contribution in [0.3, 0.4) is 0 Å². The van der Waals surface area contributed by atoms with Crippen molar-refractivity contribution in [1.29, 1.82) is 0 Å². The van der Waals surface area contributed by atoms with Crippen LogP contribution in [0.15, 0.2) is 53.1 Å². The summed E-state index contributed by atoms with van der Waals surface area (Å²) in [5, 5.41) is 0. The predicted octanol–water partition coefficient (Wildman–Crippen LogP) is 3.09. The van der Waals surface area contributed by atoms with Gasteiger partial charge in [0.25, 0.3) is 0 Å². The molecule has 1 aliphatic rings. The molecule has 6 nitrogen and oxygen atoms in total. The van der Waals surface area contributed by atoms with Crippen LogP contribution in [0.2, 0.25) is 0 Å². The van der Waals surface area contributed by atoms with Crippen LogP contribution >= 0.6 is 0 Å². The minimum Gasteiger partial charge on any atom is -0.467 e. The highest BCUT2D eigenvalue weighted by Crippen LogP contribution is 2.21. The topological polar surface area (TPSA) is 63.0 Å². The first kappa shape index (κ1) is 19.2. The molecule has 1 unspecified atom stereocenters. The highest BCUT2D eigenvalue weighted by Gasteiger charge is 2.29. The van der Waals surface area contributed by atoms with Crippen LogP contribution < -0.4 is 4.90 Å². The number of furan rings is 1. The molecule has 2 aromatic rings.